The first-order valence-electron chi connectivity index (χ1n) is 12.4. The summed E-state index contributed by atoms with van der Waals surface area (Å²) < 4.78 is 52.7. The number of sulfone groups is 1. The van der Waals surface area contributed by atoms with Crippen molar-refractivity contribution < 1.29 is 21.6 Å². The Balaban J connectivity index is 1.71. The molecule has 0 saturated carbocycles. The Labute approximate surface area is 240 Å². The van der Waals surface area contributed by atoms with Gasteiger partial charge >= 0.3 is 0 Å². The van der Waals surface area contributed by atoms with E-state index in [1.807, 2.05) is 6.92 Å². The van der Waals surface area contributed by atoms with Gasteiger partial charge in [0.1, 0.15) is 0 Å². The van der Waals surface area contributed by atoms with E-state index in [1.54, 1.807) is 91.9 Å². The average molecular weight is 597 g/mol. The molecule has 0 saturated heterocycles. The number of nitrogens with zero attached hydrogens (tertiary/aromatic N) is 1. The molecule has 1 amide bonds. The Morgan fingerprint density at radius 2 is 1.40 bits per heavy atom. The minimum atomic E-state index is -4.07. The van der Waals surface area contributed by atoms with Crippen LogP contribution in [0.3, 0.4) is 0 Å². The quantitative estimate of drug-likeness (QED) is 0.258. The minimum Gasteiger partial charge on any atom is -0.345 e. The van der Waals surface area contributed by atoms with Crippen LogP contribution in [0.4, 0.5) is 5.69 Å². The van der Waals surface area contributed by atoms with Crippen molar-refractivity contribution in [3.63, 3.8) is 0 Å². The van der Waals surface area contributed by atoms with E-state index >= 15 is 0 Å². The zero-order chi connectivity index (χ0) is 29.1. The molecule has 4 rings (SSSR count). The molecule has 7 nitrogen and oxygen atoms in total. The normalized spacial score (nSPS) is 12.5. The van der Waals surface area contributed by atoms with Gasteiger partial charge in [-0.15, -0.1) is 0 Å². The summed E-state index contributed by atoms with van der Waals surface area (Å²) in [6.45, 7) is 3.61. The highest BCUT2D eigenvalue weighted by Gasteiger charge is 2.29. The maximum Gasteiger partial charge on any atom is 0.264 e. The molecule has 40 heavy (non-hydrogen) atoms. The molecule has 0 aliphatic heterocycles. The number of benzene rings is 4. The van der Waals surface area contributed by atoms with Crippen molar-refractivity contribution in [2.75, 3.05) is 10.6 Å². The van der Waals surface area contributed by atoms with Crippen molar-refractivity contribution in [2.24, 2.45) is 0 Å². The topological polar surface area (TPSA) is 101 Å². The number of nitrogens with one attached hydrogen (secondary N) is 1. The van der Waals surface area contributed by atoms with E-state index in [2.05, 4.69) is 5.32 Å². The molecule has 1 atom stereocenters. The second kappa shape index (κ2) is 11.8. The summed E-state index contributed by atoms with van der Waals surface area (Å²) in [6.07, 6.45) is 1.13. The standard InChI is InChI=1S/C30H29ClN2O5S2/c1-21-8-16-27(17-9-21)40(37,38)33(20-23-10-14-25(31)15-11-23)29-7-5-4-6-28(29)30(34)32-22(2)24-12-18-26(19-13-24)39(3,35)36/h4-19,22H,20H2,1-3H3,(H,32,34)/t22-/m1/s1. The summed E-state index contributed by atoms with van der Waals surface area (Å²) >= 11 is 6.05. The molecule has 4 aromatic rings. The molecule has 0 unspecified atom stereocenters. The summed E-state index contributed by atoms with van der Waals surface area (Å²) in [6, 6.07) is 25.7. The van der Waals surface area contributed by atoms with Gasteiger partial charge in [-0.3, -0.25) is 9.10 Å². The number of para-hydroxylation sites is 1. The fraction of sp³-hybridized carbons (Fsp3) is 0.167. The Hall–Kier alpha value is -3.66. The molecular weight excluding hydrogens is 568 g/mol. The Bertz CT molecular complexity index is 1720. The number of hydrogen-bond acceptors (Lipinski definition) is 5. The lowest BCUT2D eigenvalue weighted by Crippen LogP contribution is -2.34. The molecular formula is C30H29ClN2O5S2. The fourth-order valence-corrected chi connectivity index (χ4v) is 6.37. The lowest BCUT2D eigenvalue weighted by atomic mass is 10.1. The van der Waals surface area contributed by atoms with Crippen LogP contribution in [0.15, 0.2) is 107 Å². The van der Waals surface area contributed by atoms with E-state index in [0.29, 0.717) is 16.1 Å². The van der Waals surface area contributed by atoms with Gasteiger partial charge in [-0.25, -0.2) is 16.8 Å². The number of carbonyl (C=O) groups is 1. The van der Waals surface area contributed by atoms with Crippen LogP contribution in [0.1, 0.15) is 40.0 Å². The first-order valence-corrected chi connectivity index (χ1v) is 16.1. The molecule has 1 N–H and O–H groups in total. The van der Waals surface area contributed by atoms with Gasteiger partial charge in [0.2, 0.25) is 0 Å². The maximum absolute atomic E-state index is 14.0. The van der Waals surface area contributed by atoms with Crippen LogP contribution in [0, 0.1) is 6.92 Å². The summed E-state index contributed by atoms with van der Waals surface area (Å²) in [4.78, 5) is 13.8. The van der Waals surface area contributed by atoms with E-state index in [1.165, 1.54) is 16.4 Å². The van der Waals surface area contributed by atoms with E-state index in [0.717, 1.165) is 11.8 Å². The van der Waals surface area contributed by atoms with Crippen LogP contribution in [0.25, 0.3) is 0 Å². The number of aryl methyl sites for hydroxylation is 1. The summed E-state index contributed by atoms with van der Waals surface area (Å²) in [7, 11) is -7.42. The van der Waals surface area contributed by atoms with Gasteiger partial charge in [0.25, 0.3) is 15.9 Å². The summed E-state index contributed by atoms with van der Waals surface area (Å²) in [5.74, 6) is -0.476. The number of sulfonamides is 1. The molecule has 10 heteroatoms. The molecule has 0 radical (unpaired) electrons. The third-order valence-electron chi connectivity index (χ3n) is 6.42. The predicted molar refractivity (Wildman–Crippen MR) is 158 cm³/mol. The smallest absolute Gasteiger partial charge is 0.264 e. The average Bonchev–Trinajstić information content (AvgIpc) is 2.92. The van der Waals surface area contributed by atoms with Crippen LogP contribution in [-0.2, 0) is 26.4 Å². The number of halogens is 1. The van der Waals surface area contributed by atoms with E-state index in [4.69, 9.17) is 11.6 Å². The molecule has 0 aliphatic rings. The molecule has 4 aromatic carbocycles. The zero-order valence-electron chi connectivity index (χ0n) is 22.2. The highest BCUT2D eigenvalue weighted by molar-refractivity contribution is 7.92. The van der Waals surface area contributed by atoms with Crippen molar-refractivity contribution >= 4 is 43.1 Å². The predicted octanol–water partition coefficient (Wildman–Crippen LogP) is 5.94. The number of anilines is 1. The number of hydrogen-bond donors (Lipinski definition) is 1. The van der Waals surface area contributed by atoms with E-state index in [9.17, 15) is 21.6 Å². The molecule has 0 heterocycles. The number of carbonyl (C=O) groups excluding carboxylic acids is 1. The largest absolute Gasteiger partial charge is 0.345 e. The lowest BCUT2D eigenvalue weighted by molar-refractivity contribution is 0.0940. The second-order valence-corrected chi connectivity index (χ2v) is 13.8. The highest BCUT2D eigenvalue weighted by atomic mass is 35.5. The fourth-order valence-electron chi connectivity index (χ4n) is 4.14. The Morgan fingerprint density at radius 1 is 0.825 bits per heavy atom. The minimum absolute atomic E-state index is 0.0276. The highest BCUT2D eigenvalue weighted by Crippen LogP contribution is 2.30. The van der Waals surface area contributed by atoms with Crippen molar-refractivity contribution in [1.29, 1.82) is 0 Å². The first-order chi connectivity index (χ1) is 18.9. The van der Waals surface area contributed by atoms with Crippen LogP contribution in [0.2, 0.25) is 5.02 Å². The van der Waals surface area contributed by atoms with Crippen LogP contribution < -0.4 is 9.62 Å². The monoisotopic (exact) mass is 596 g/mol. The van der Waals surface area contributed by atoms with Crippen molar-refractivity contribution in [1.82, 2.24) is 5.32 Å². The summed E-state index contributed by atoms with van der Waals surface area (Å²) in [5.41, 5.74) is 2.70. The number of rotatable bonds is 9. The second-order valence-electron chi connectivity index (χ2n) is 9.50. The van der Waals surface area contributed by atoms with Crippen molar-refractivity contribution in [3.8, 4) is 0 Å². The van der Waals surface area contributed by atoms with Crippen molar-refractivity contribution in [2.45, 2.75) is 36.2 Å². The van der Waals surface area contributed by atoms with Gasteiger partial charge in [-0.05, 0) is 73.5 Å². The molecule has 208 valence electrons. The van der Waals surface area contributed by atoms with Gasteiger partial charge in [0.05, 0.1) is 33.6 Å². The van der Waals surface area contributed by atoms with Crippen LogP contribution in [-0.4, -0.2) is 29.0 Å². The van der Waals surface area contributed by atoms with Crippen molar-refractivity contribution in [3.05, 3.63) is 124 Å². The van der Waals surface area contributed by atoms with Gasteiger partial charge in [0.15, 0.2) is 9.84 Å². The molecule has 0 bridgehead atoms. The lowest BCUT2D eigenvalue weighted by Gasteiger charge is -2.27. The first kappa shape index (κ1) is 29.3. The Morgan fingerprint density at radius 3 is 2.00 bits per heavy atom. The molecule has 0 spiro atoms. The maximum atomic E-state index is 14.0. The Kier molecular flexibility index (Phi) is 8.68. The van der Waals surface area contributed by atoms with Gasteiger partial charge in [-0.1, -0.05) is 65.7 Å². The van der Waals surface area contributed by atoms with Crippen LogP contribution in [0.5, 0.6) is 0 Å². The SMILES string of the molecule is Cc1ccc(S(=O)(=O)N(Cc2ccc(Cl)cc2)c2ccccc2C(=O)N[C@H](C)c2ccc(S(C)(=O)=O)cc2)cc1. The third-order valence-corrected chi connectivity index (χ3v) is 9.58. The van der Waals surface area contributed by atoms with Crippen LogP contribution >= 0.6 is 11.6 Å². The summed E-state index contributed by atoms with van der Waals surface area (Å²) in [5, 5.41) is 3.43. The third kappa shape index (κ3) is 6.72. The van der Waals surface area contributed by atoms with Gasteiger partial charge in [0, 0.05) is 11.3 Å². The molecule has 0 aliphatic carbocycles. The number of amides is 1. The van der Waals surface area contributed by atoms with Gasteiger partial charge < -0.3 is 5.32 Å². The van der Waals surface area contributed by atoms with E-state index in [-0.39, 0.29) is 27.6 Å². The van der Waals surface area contributed by atoms with Gasteiger partial charge in [-0.2, -0.15) is 0 Å². The zero-order valence-corrected chi connectivity index (χ0v) is 24.6. The molecule has 0 aromatic heterocycles. The molecule has 0 fully saturated rings. The van der Waals surface area contributed by atoms with E-state index < -0.39 is 31.8 Å².